The summed E-state index contributed by atoms with van der Waals surface area (Å²) < 4.78 is 38.0. The molecule has 0 aliphatic heterocycles. The van der Waals surface area contributed by atoms with E-state index in [4.69, 9.17) is 0 Å². The fourth-order valence-corrected chi connectivity index (χ4v) is 3.06. The average Bonchev–Trinajstić information content (AvgIpc) is 3.25. The highest BCUT2D eigenvalue weighted by molar-refractivity contribution is 6.00. The van der Waals surface area contributed by atoms with Crippen molar-refractivity contribution in [3.05, 3.63) is 84.3 Å². The van der Waals surface area contributed by atoms with E-state index in [9.17, 15) is 18.0 Å². The third-order valence-corrected chi connectivity index (χ3v) is 4.79. The van der Waals surface area contributed by atoms with Crippen LogP contribution in [0, 0.1) is 6.92 Å². The lowest BCUT2D eigenvalue weighted by molar-refractivity contribution is -0.137. The number of carbonyl (C=O) groups excluding carboxylic acids is 1. The summed E-state index contributed by atoms with van der Waals surface area (Å²) in [6, 6.07) is 12.6. The van der Waals surface area contributed by atoms with E-state index in [-0.39, 0.29) is 5.69 Å². The molecule has 0 unspecified atom stereocenters. The SMILES string of the molecule is Cc1ccc(NC(=O)Nc2ccc(C(F)(F)F)cc2)cc1Nc1ncc(-c2ccncc2)[nH]1. The van der Waals surface area contributed by atoms with Crippen LogP contribution in [0.15, 0.2) is 73.2 Å². The van der Waals surface area contributed by atoms with Crippen LogP contribution >= 0.6 is 0 Å². The Morgan fingerprint density at radius 3 is 2.30 bits per heavy atom. The van der Waals surface area contributed by atoms with Gasteiger partial charge in [0.15, 0.2) is 0 Å². The minimum atomic E-state index is -4.43. The molecule has 0 saturated carbocycles. The lowest BCUT2D eigenvalue weighted by Crippen LogP contribution is -2.19. The number of aromatic amines is 1. The summed E-state index contributed by atoms with van der Waals surface area (Å²) in [7, 11) is 0. The number of halogens is 3. The standard InChI is InChI=1S/C23H19F3N6O/c1-14-2-5-18(30-22(33)29-17-6-3-16(4-7-17)23(24,25)26)12-19(14)31-21-28-13-20(32-21)15-8-10-27-11-9-15/h2-13H,1H3,(H2,28,31,32)(H2,29,30,33). The lowest BCUT2D eigenvalue weighted by Gasteiger charge is -2.12. The van der Waals surface area contributed by atoms with Gasteiger partial charge in [0.25, 0.3) is 0 Å². The molecule has 2 aromatic heterocycles. The molecule has 0 aliphatic carbocycles. The molecule has 33 heavy (non-hydrogen) atoms. The Kier molecular flexibility index (Phi) is 5.99. The number of hydrogen-bond acceptors (Lipinski definition) is 4. The van der Waals surface area contributed by atoms with E-state index in [1.54, 1.807) is 30.7 Å². The average molecular weight is 452 g/mol. The van der Waals surface area contributed by atoms with Crippen molar-refractivity contribution in [3.63, 3.8) is 0 Å². The zero-order valence-electron chi connectivity index (χ0n) is 17.4. The highest BCUT2D eigenvalue weighted by atomic mass is 19.4. The summed E-state index contributed by atoms with van der Waals surface area (Å²) >= 11 is 0. The number of alkyl halides is 3. The number of H-pyrrole nitrogens is 1. The molecule has 0 bridgehead atoms. The van der Waals surface area contributed by atoms with Crippen molar-refractivity contribution in [1.29, 1.82) is 0 Å². The van der Waals surface area contributed by atoms with E-state index in [1.165, 1.54) is 12.1 Å². The van der Waals surface area contributed by atoms with Crippen molar-refractivity contribution < 1.29 is 18.0 Å². The summed E-state index contributed by atoms with van der Waals surface area (Å²) in [6.45, 7) is 1.90. The number of imidazole rings is 1. The Morgan fingerprint density at radius 2 is 1.61 bits per heavy atom. The molecular formula is C23H19F3N6O. The van der Waals surface area contributed by atoms with Gasteiger partial charge in [0.05, 0.1) is 17.5 Å². The number of benzene rings is 2. The molecular weight excluding hydrogens is 433 g/mol. The molecule has 4 aromatic rings. The van der Waals surface area contributed by atoms with E-state index < -0.39 is 17.8 Å². The molecule has 7 nitrogen and oxygen atoms in total. The van der Waals surface area contributed by atoms with Gasteiger partial charge < -0.3 is 20.9 Å². The number of aryl methyl sites for hydroxylation is 1. The number of nitrogens with one attached hydrogen (secondary N) is 4. The minimum Gasteiger partial charge on any atom is -0.325 e. The number of nitrogens with zero attached hydrogens (tertiary/aromatic N) is 2. The van der Waals surface area contributed by atoms with Crippen molar-refractivity contribution in [3.8, 4) is 11.3 Å². The first-order valence-corrected chi connectivity index (χ1v) is 9.86. The second-order valence-corrected chi connectivity index (χ2v) is 7.19. The smallest absolute Gasteiger partial charge is 0.325 e. The van der Waals surface area contributed by atoms with E-state index >= 15 is 0 Å². The van der Waals surface area contributed by atoms with Gasteiger partial charge in [-0.15, -0.1) is 0 Å². The van der Waals surface area contributed by atoms with Crippen LogP contribution < -0.4 is 16.0 Å². The highest BCUT2D eigenvalue weighted by Crippen LogP contribution is 2.30. The molecule has 2 amide bonds. The third kappa shape index (κ3) is 5.48. The Morgan fingerprint density at radius 1 is 0.939 bits per heavy atom. The van der Waals surface area contributed by atoms with E-state index in [0.29, 0.717) is 11.6 Å². The molecule has 2 aromatic carbocycles. The van der Waals surface area contributed by atoms with E-state index in [2.05, 4.69) is 30.9 Å². The van der Waals surface area contributed by atoms with Gasteiger partial charge in [0.1, 0.15) is 0 Å². The summed E-state index contributed by atoms with van der Waals surface area (Å²) in [5, 5.41) is 8.37. The summed E-state index contributed by atoms with van der Waals surface area (Å²) in [5.74, 6) is 0.524. The minimum absolute atomic E-state index is 0.241. The fraction of sp³-hybridized carbons (Fsp3) is 0.0870. The molecule has 0 spiro atoms. The van der Waals surface area contributed by atoms with Crippen LogP contribution in [0.4, 0.5) is 41.0 Å². The first-order valence-electron chi connectivity index (χ1n) is 9.86. The second kappa shape index (κ2) is 9.03. The maximum Gasteiger partial charge on any atom is 0.416 e. The van der Waals surface area contributed by atoms with Gasteiger partial charge in [-0.25, -0.2) is 9.78 Å². The van der Waals surface area contributed by atoms with Crippen molar-refractivity contribution in [1.82, 2.24) is 15.0 Å². The molecule has 0 atom stereocenters. The van der Waals surface area contributed by atoms with Gasteiger partial charge in [-0.1, -0.05) is 6.07 Å². The number of pyridine rings is 1. The fourth-order valence-electron chi connectivity index (χ4n) is 3.06. The van der Waals surface area contributed by atoms with Crippen molar-refractivity contribution in [2.24, 2.45) is 0 Å². The molecule has 168 valence electrons. The van der Waals surface area contributed by atoms with Crippen molar-refractivity contribution in [2.45, 2.75) is 13.1 Å². The Balaban J connectivity index is 1.42. The van der Waals surface area contributed by atoms with E-state index in [1.807, 2.05) is 25.1 Å². The van der Waals surface area contributed by atoms with Gasteiger partial charge in [-0.2, -0.15) is 13.2 Å². The molecule has 0 radical (unpaired) electrons. The summed E-state index contributed by atoms with van der Waals surface area (Å²) in [5.41, 5.74) is 3.36. The maximum atomic E-state index is 12.7. The maximum absolute atomic E-state index is 12.7. The first-order chi connectivity index (χ1) is 15.8. The van der Waals surface area contributed by atoms with Crippen molar-refractivity contribution in [2.75, 3.05) is 16.0 Å². The summed E-state index contributed by atoms with van der Waals surface area (Å²) in [6.07, 6.45) is 0.655. The van der Waals surface area contributed by atoms with Crippen molar-refractivity contribution >= 4 is 29.0 Å². The summed E-state index contributed by atoms with van der Waals surface area (Å²) in [4.78, 5) is 23.8. The molecule has 0 fully saturated rings. The van der Waals surface area contributed by atoms with Gasteiger partial charge in [0, 0.05) is 35.0 Å². The molecule has 10 heteroatoms. The topological polar surface area (TPSA) is 94.7 Å². The predicted molar refractivity (Wildman–Crippen MR) is 120 cm³/mol. The normalized spacial score (nSPS) is 11.2. The van der Waals surface area contributed by atoms with Crippen LogP contribution in [0.1, 0.15) is 11.1 Å². The van der Waals surface area contributed by atoms with Crippen LogP contribution in [-0.4, -0.2) is 21.0 Å². The second-order valence-electron chi connectivity index (χ2n) is 7.19. The van der Waals surface area contributed by atoms with Crippen LogP contribution in [-0.2, 0) is 6.18 Å². The third-order valence-electron chi connectivity index (χ3n) is 4.79. The zero-order valence-corrected chi connectivity index (χ0v) is 17.4. The predicted octanol–water partition coefficient (Wildman–Crippen LogP) is 6.19. The first kappa shape index (κ1) is 21.9. The quantitative estimate of drug-likeness (QED) is 0.291. The Bertz CT molecular complexity index is 1250. The molecule has 0 saturated heterocycles. The largest absolute Gasteiger partial charge is 0.416 e. The lowest BCUT2D eigenvalue weighted by atomic mass is 10.2. The van der Waals surface area contributed by atoms with Crippen LogP contribution in [0.2, 0.25) is 0 Å². The van der Waals surface area contributed by atoms with Crippen LogP contribution in [0.3, 0.4) is 0 Å². The van der Waals surface area contributed by atoms with Gasteiger partial charge in [-0.3, -0.25) is 4.98 Å². The number of amides is 2. The molecule has 4 N–H and O–H groups in total. The zero-order chi connectivity index (χ0) is 23.4. The van der Waals surface area contributed by atoms with Gasteiger partial charge >= 0.3 is 12.2 Å². The number of anilines is 4. The number of hydrogen-bond donors (Lipinski definition) is 4. The Labute approximate surface area is 187 Å². The van der Waals surface area contributed by atoms with Crippen LogP contribution in [0.5, 0.6) is 0 Å². The monoisotopic (exact) mass is 452 g/mol. The highest BCUT2D eigenvalue weighted by Gasteiger charge is 2.30. The molecule has 4 rings (SSSR count). The van der Waals surface area contributed by atoms with Gasteiger partial charge in [-0.05, 0) is 61.0 Å². The number of rotatable bonds is 5. The number of urea groups is 1. The van der Waals surface area contributed by atoms with E-state index in [0.717, 1.165) is 34.6 Å². The number of aromatic nitrogens is 3. The molecule has 0 aliphatic rings. The van der Waals surface area contributed by atoms with Crippen LogP contribution in [0.25, 0.3) is 11.3 Å². The van der Waals surface area contributed by atoms with Gasteiger partial charge in [0.2, 0.25) is 5.95 Å². The Hall–Kier alpha value is -4.34. The molecule has 2 heterocycles. The number of carbonyl (C=O) groups is 1.